The van der Waals surface area contributed by atoms with Gasteiger partial charge in [0.2, 0.25) is 16.0 Å². The molecule has 0 aromatic carbocycles. The smallest absolute Gasteiger partial charge is 0.225 e. The van der Waals surface area contributed by atoms with E-state index in [4.69, 9.17) is 11.8 Å². The van der Waals surface area contributed by atoms with Crippen LogP contribution in [0.15, 0.2) is 4.99 Å². The number of nitrogens with one attached hydrogen (secondary N) is 2. The zero-order valence-electron chi connectivity index (χ0n) is 6.41. The van der Waals surface area contributed by atoms with Crippen molar-refractivity contribution in [1.29, 1.82) is 0 Å². The van der Waals surface area contributed by atoms with Gasteiger partial charge in [0, 0.05) is 11.8 Å². The summed E-state index contributed by atoms with van der Waals surface area (Å²) < 4.78 is 22.5. The first-order valence-corrected chi connectivity index (χ1v) is 5.42. The van der Waals surface area contributed by atoms with Gasteiger partial charge < -0.3 is 0 Å². The minimum Gasteiger partial charge on any atom is -0.277 e. The van der Waals surface area contributed by atoms with Crippen LogP contribution in [0.25, 0.3) is 0 Å². The minimum atomic E-state index is -3.26. The van der Waals surface area contributed by atoms with E-state index < -0.39 is 10.0 Å². The predicted octanol–water partition coefficient (Wildman–Crippen LogP) is -1.13. The van der Waals surface area contributed by atoms with Crippen LogP contribution in [0.1, 0.15) is 0 Å². The monoisotopic (exact) mass is 212 g/mol. The summed E-state index contributed by atoms with van der Waals surface area (Å²) in [7, 11) is -3.26. The van der Waals surface area contributed by atoms with Crippen LogP contribution in [0.4, 0.5) is 0 Å². The largest absolute Gasteiger partial charge is 0.277 e. The topological polar surface area (TPSA) is 73.8 Å². The van der Waals surface area contributed by atoms with Gasteiger partial charge in [0.1, 0.15) is 0 Å². The number of nitrogens with zero attached hydrogens (tertiary/aromatic N) is 2. The van der Waals surface area contributed by atoms with Crippen LogP contribution in [0.3, 0.4) is 0 Å². The van der Waals surface area contributed by atoms with Crippen LogP contribution < -0.4 is 10.3 Å². The van der Waals surface area contributed by atoms with Gasteiger partial charge in [-0.05, 0) is 0 Å². The molecule has 0 fully saturated rings. The second kappa shape index (κ2) is 3.46. The maximum atomic E-state index is 10.6. The van der Waals surface area contributed by atoms with Crippen LogP contribution in [0.2, 0.25) is 0 Å². The SMILES string of the molecule is CS(=O)(=O)NNC1=NCCN1Cl. The number of hydrogen-bond acceptors (Lipinski definition) is 5. The molecule has 0 aromatic rings. The van der Waals surface area contributed by atoms with E-state index >= 15 is 0 Å². The fourth-order valence-corrected chi connectivity index (χ4v) is 1.11. The van der Waals surface area contributed by atoms with Gasteiger partial charge in [0.15, 0.2) is 0 Å². The summed E-state index contributed by atoms with van der Waals surface area (Å²) >= 11 is 5.61. The average Bonchev–Trinajstić information content (AvgIpc) is 2.29. The number of hydrazine groups is 1. The molecule has 0 bridgehead atoms. The number of rotatable bonds is 2. The fraction of sp³-hybridized carbons (Fsp3) is 0.750. The first-order chi connectivity index (χ1) is 5.49. The number of hydrogen-bond donors (Lipinski definition) is 2. The molecule has 0 saturated heterocycles. The van der Waals surface area contributed by atoms with Gasteiger partial charge in [-0.1, -0.05) is 0 Å². The molecule has 0 atom stereocenters. The number of aliphatic imine (C=N–C) groups is 1. The van der Waals surface area contributed by atoms with Gasteiger partial charge in [0.25, 0.3) is 0 Å². The molecule has 0 amide bonds. The Bertz CT molecular complexity index is 287. The van der Waals surface area contributed by atoms with Crippen molar-refractivity contribution in [2.45, 2.75) is 0 Å². The van der Waals surface area contributed by atoms with Crippen LogP contribution in [0.5, 0.6) is 0 Å². The molecule has 1 aliphatic rings. The summed E-state index contributed by atoms with van der Waals surface area (Å²) in [5.74, 6) is 0.321. The van der Waals surface area contributed by atoms with Crippen LogP contribution in [0, 0.1) is 0 Å². The number of guanidine groups is 1. The van der Waals surface area contributed by atoms with E-state index in [1.807, 2.05) is 0 Å². The molecule has 0 spiro atoms. The van der Waals surface area contributed by atoms with Crippen LogP contribution in [-0.2, 0) is 10.0 Å². The van der Waals surface area contributed by atoms with Crippen LogP contribution >= 0.6 is 11.8 Å². The van der Waals surface area contributed by atoms with Crippen molar-refractivity contribution in [2.75, 3.05) is 19.3 Å². The van der Waals surface area contributed by atoms with E-state index in [2.05, 4.69) is 15.2 Å². The Morgan fingerprint density at radius 1 is 1.67 bits per heavy atom. The molecule has 0 aromatic heterocycles. The first kappa shape index (κ1) is 9.56. The predicted molar refractivity (Wildman–Crippen MR) is 46.0 cm³/mol. The first-order valence-electron chi connectivity index (χ1n) is 3.19. The third-order valence-corrected chi connectivity index (χ3v) is 1.94. The maximum Gasteiger partial charge on any atom is 0.225 e. The Hall–Kier alpha value is -0.530. The molecule has 0 saturated carbocycles. The summed E-state index contributed by atoms with van der Waals surface area (Å²) in [5.41, 5.74) is 2.38. The van der Waals surface area contributed by atoms with Crippen molar-refractivity contribution in [3.8, 4) is 0 Å². The van der Waals surface area contributed by atoms with E-state index in [0.717, 1.165) is 6.26 Å². The standard InChI is InChI=1S/C4H9ClN4O2S/c1-12(10,11)8-7-4-6-2-3-9(4)5/h8H,2-3H2,1H3,(H,6,7). The number of sulfonamides is 1. The second-order valence-electron chi connectivity index (χ2n) is 2.29. The molecular formula is C4H9ClN4O2S. The van der Waals surface area contributed by atoms with E-state index in [0.29, 0.717) is 19.0 Å². The third kappa shape index (κ3) is 2.84. The van der Waals surface area contributed by atoms with E-state index in [1.54, 1.807) is 0 Å². The summed E-state index contributed by atoms with van der Waals surface area (Å²) in [5, 5.41) is 0. The van der Waals surface area contributed by atoms with E-state index in [1.165, 1.54) is 4.42 Å². The normalized spacial score (nSPS) is 17.8. The highest BCUT2D eigenvalue weighted by molar-refractivity contribution is 7.88. The minimum absolute atomic E-state index is 0.321. The molecule has 0 radical (unpaired) electrons. The zero-order valence-corrected chi connectivity index (χ0v) is 7.98. The van der Waals surface area contributed by atoms with Gasteiger partial charge in [-0.3, -0.25) is 9.84 Å². The lowest BCUT2D eigenvalue weighted by Gasteiger charge is -2.11. The lowest BCUT2D eigenvalue weighted by molar-refractivity contribution is 0.578. The Labute approximate surface area is 75.7 Å². The molecule has 1 rings (SSSR count). The summed E-state index contributed by atoms with van der Waals surface area (Å²) in [4.78, 5) is 5.95. The number of halogens is 1. The molecular weight excluding hydrogens is 204 g/mol. The van der Waals surface area contributed by atoms with E-state index in [9.17, 15) is 8.42 Å². The van der Waals surface area contributed by atoms with Crippen molar-refractivity contribution in [3.63, 3.8) is 0 Å². The second-order valence-corrected chi connectivity index (χ2v) is 4.45. The molecule has 12 heavy (non-hydrogen) atoms. The highest BCUT2D eigenvalue weighted by Crippen LogP contribution is 2.01. The zero-order chi connectivity index (χ0) is 9.19. The van der Waals surface area contributed by atoms with Gasteiger partial charge in [0.05, 0.1) is 19.3 Å². The maximum absolute atomic E-state index is 10.6. The Morgan fingerprint density at radius 3 is 2.75 bits per heavy atom. The lowest BCUT2D eigenvalue weighted by atomic mass is 10.7. The Kier molecular flexibility index (Phi) is 2.76. The Morgan fingerprint density at radius 2 is 2.33 bits per heavy atom. The molecule has 0 aliphatic carbocycles. The Balaban J connectivity index is 2.43. The summed E-state index contributed by atoms with van der Waals surface area (Å²) in [6, 6.07) is 0. The lowest BCUT2D eigenvalue weighted by Crippen LogP contribution is -2.44. The molecule has 2 N–H and O–H groups in total. The molecule has 6 nitrogen and oxygen atoms in total. The molecule has 0 unspecified atom stereocenters. The van der Waals surface area contributed by atoms with E-state index in [-0.39, 0.29) is 0 Å². The van der Waals surface area contributed by atoms with Gasteiger partial charge >= 0.3 is 0 Å². The van der Waals surface area contributed by atoms with Crippen molar-refractivity contribution in [3.05, 3.63) is 0 Å². The summed E-state index contributed by atoms with van der Waals surface area (Å²) in [6.45, 7) is 1.15. The highest BCUT2D eigenvalue weighted by atomic mass is 35.5. The average molecular weight is 213 g/mol. The molecule has 1 heterocycles. The van der Waals surface area contributed by atoms with Crippen molar-refractivity contribution in [2.24, 2.45) is 4.99 Å². The van der Waals surface area contributed by atoms with Crippen molar-refractivity contribution < 1.29 is 8.42 Å². The van der Waals surface area contributed by atoms with Crippen molar-refractivity contribution >= 4 is 27.8 Å². The summed E-state index contributed by atoms with van der Waals surface area (Å²) in [6.07, 6.45) is 1.04. The van der Waals surface area contributed by atoms with Gasteiger partial charge in [-0.2, -0.15) is 0 Å². The molecule has 1 aliphatic heterocycles. The third-order valence-electron chi connectivity index (χ3n) is 1.14. The fourth-order valence-electron chi connectivity index (χ4n) is 0.665. The highest BCUT2D eigenvalue weighted by Gasteiger charge is 2.14. The van der Waals surface area contributed by atoms with Gasteiger partial charge in [-0.25, -0.2) is 13.4 Å². The van der Waals surface area contributed by atoms with Gasteiger partial charge in [-0.15, -0.1) is 4.83 Å². The van der Waals surface area contributed by atoms with Crippen LogP contribution in [-0.4, -0.2) is 38.1 Å². The quantitative estimate of drug-likeness (QED) is 0.449. The molecule has 70 valence electrons. The van der Waals surface area contributed by atoms with Crippen molar-refractivity contribution in [1.82, 2.24) is 14.7 Å². The molecule has 8 heteroatoms.